The number of carbonyl (C=O) groups excluding carboxylic acids is 1. The van der Waals surface area contributed by atoms with Crippen LogP contribution < -0.4 is 5.32 Å². The molecule has 1 saturated carbocycles. The first-order valence-electron chi connectivity index (χ1n) is 12.3. The summed E-state index contributed by atoms with van der Waals surface area (Å²) in [6, 6.07) is 13.7. The fourth-order valence-electron chi connectivity index (χ4n) is 6.95. The zero-order valence-corrected chi connectivity index (χ0v) is 19.7. The zero-order chi connectivity index (χ0) is 22.7. The highest BCUT2D eigenvalue weighted by atomic mass is 16.5. The second-order valence-corrected chi connectivity index (χ2v) is 10.6. The van der Waals surface area contributed by atoms with Gasteiger partial charge < -0.3 is 14.7 Å². The molecule has 3 aromatic rings. The maximum absolute atomic E-state index is 14.4. The lowest BCUT2D eigenvalue weighted by Crippen LogP contribution is -2.57. The van der Waals surface area contributed by atoms with E-state index in [1.165, 1.54) is 24.8 Å². The highest BCUT2D eigenvalue weighted by Gasteiger charge is 2.60. The van der Waals surface area contributed by atoms with E-state index < -0.39 is 0 Å². The lowest BCUT2D eigenvalue weighted by Gasteiger charge is -2.43. The van der Waals surface area contributed by atoms with Gasteiger partial charge in [-0.25, -0.2) is 4.98 Å². The Kier molecular flexibility index (Phi) is 4.84. The lowest BCUT2D eigenvalue weighted by atomic mass is 9.70. The van der Waals surface area contributed by atoms with Crippen LogP contribution in [0.15, 0.2) is 40.9 Å². The fourth-order valence-corrected chi connectivity index (χ4v) is 6.95. The molecule has 4 heterocycles. The van der Waals surface area contributed by atoms with E-state index >= 15 is 0 Å². The lowest BCUT2D eigenvalue weighted by molar-refractivity contribution is 0.0614. The Hall–Kier alpha value is -2.73. The van der Waals surface area contributed by atoms with Crippen LogP contribution >= 0.6 is 0 Å². The number of nitrogens with one attached hydrogen (secondary N) is 1. The molecule has 1 aromatic carbocycles. The molecule has 2 bridgehead atoms. The zero-order valence-electron chi connectivity index (χ0n) is 19.7. The summed E-state index contributed by atoms with van der Waals surface area (Å²) < 4.78 is 5.45. The number of rotatable bonds is 3. The molecule has 0 spiro atoms. The summed E-state index contributed by atoms with van der Waals surface area (Å²) in [6.45, 7) is 6.22. The van der Waals surface area contributed by atoms with Crippen molar-refractivity contribution in [3.05, 3.63) is 58.9 Å². The van der Waals surface area contributed by atoms with Crippen molar-refractivity contribution in [1.29, 1.82) is 0 Å². The van der Waals surface area contributed by atoms with Crippen molar-refractivity contribution < 1.29 is 9.32 Å². The molecule has 2 aliphatic heterocycles. The summed E-state index contributed by atoms with van der Waals surface area (Å²) in [6.07, 6.45) is 6.66. The first-order valence-corrected chi connectivity index (χ1v) is 12.3. The molecule has 3 aliphatic rings. The molecule has 172 valence electrons. The summed E-state index contributed by atoms with van der Waals surface area (Å²) >= 11 is 0. The third-order valence-electron chi connectivity index (χ3n) is 8.51. The second-order valence-electron chi connectivity index (χ2n) is 10.6. The van der Waals surface area contributed by atoms with E-state index in [4.69, 9.17) is 4.52 Å². The van der Waals surface area contributed by atoms with Crippen LogP contribution in [0.4, 0.5) is 0 Å². The number of piperidine rings is 1. The Labute approximate surface area is 194 Å². The Morgan fingerprint density at radius 1 is 1.21 bits per heavy atom. The van der Waals surface area contributed by atoms with Gasteiger partial charge in [0.2, 0.25) is 0 Å². The largest absolute Gasteiger partial charge is 0.336 e. The second kappa shape index (κ2) is 7.66. The quantitative estimate of drug-likeness (QED) is 0.640. The van der Waals surface area contributed by atoms with Gasteiger partial charge in [-0.2, -0.15) is 0 Å². The maximum Gasteiger partial charge on any atom is 0.258 e. The van der Waals surface area contributed by atoms with Crippen LogP contribution in [0.1, 0.15) is 66.3 Å². The van der Waals surface area contributed by atoms with Crippen molar-refractivity contribution in [1.82, 2.24) is 20.4 Å². The predicted octanol–water partition coefficient (Wildman–Crippen LogP) is 4.59. The molecule has 6 heteroatoms. The third kappa shape index (κ3) is 3.22. The summed E-state index contributed by atoms with van der Waals surface area (Å²) in [7, 11) is 0. The number of fused-ring (bicyclic) bond motifs is 2. The topological polar surface area (TPSA) is 71.3 Å². The first kappa shape index (κ1) is 20.8. The van der Waals surface area contributed by atoms with Gasteiger partial charge in [0, 0.05) is 35.3 Å². The Balaban J connectivity index is 1.45. The normalized spacial score (nSPS) is 31.1. The molecule has 5 atom stereocenters. The van der Waals surface area contributed by atoms with E-state index in [1.807, 2.05) is 19.9 Å². The minimum Gasteiger partial charge on any atom is -0.336 e. The summed E-state index contributed by atoms with van der Waals surface area (Å²) in [5, 5.41) is 8.90. The number of likely N-dealkylation sites (tertiary alicyclic amines) is 1. The van der Waals surface area contributed by atoms with Gasteiger partial charge in [0.15, 0.2) is 0 Å². The number of pyridine rings is 1. The monoisotopic (exact) mass is 444 g/mol. The van der Waals surface area contributed by atoms with Crippen LogP contribution in [0, 0.1) is 19.3 Å². The van der Waals surface area contributed by atoms with E-state index in [0.717, 1.165) is 36.0 Å². The highest BCUT2D eigenvalue weighted by Crippen LogP contribution is 2.53. The van der Waals surface area contributed by atoms with Crippen LogP contribution in [0.5, 0.6) is 0 Å². The van der Waals surface area contributed by atoms with Gasteiger partial charge in [0.25, 0.3) is 11.6 Å². The number of aromatic nitrogens is 2. The molecule has 2 saturated heterocycles. The molecule has 33 heavy (non-hydrogen) atoms. The number of nitrogens with zero attached hydrogens (tertiary/aromatic N) is 3. The van der Waals surface area contributed by atoms with Crippen LogP contribution in [0.2, 0.25) is 0 Å². The van der Waals surface area contributed by atoms with Gasteiger partial charge in [-0.1, -0.05) is 55.3 Å². The SMILES string of the molecule is Cc1cc(C(=O)N2[C@H]3CCCC[C@H]4N[C@H](Cc5ccccc5)[C@@H]2C[C@@]34C)c2c(C)noc2n1. The van der Waals surface area contributed by atoms with Gasteiger partial charge in [-0.15, -0.1) is 0 Å². The van der Waals surface area contributed by atoms with Gasteiger partial charge in [0.05, 0.1) is 16.6 Å². The van der Waals surface area contributed by atoms with Crippen molar-refractivity contribution >= 4 is 17.0 Å². The van der Waals surface area contributed by atoms with E-state index in [9.17, 15) is 4.79 Å². The number of aryl methyl sites for hydroxylation is 2. The van der Waals surface area contributed by atoms with Crippen LogP contribution in [0.3, 0.4) is 0 Å². The molecule has 6 rings (SSSR count). The van der Waals surface area contributed by atoms with E-state index in [2.05, 4.69) is 57.6 Å². The average Bonchev–Trinajstić information content (AvgIpc) is 3.24. The van der Waals surface area contributed by atoms with Crippen molar-refractivity contribution in [3.63, 3.8) is 0 Å². The fraction of sp³-hybridized carbons (Fsp3) is 0.519. The van der Waals surface area contributed by atoms with E-state index in [1.54, 1.807) is 0 Å². The molecule has 6 nitrogen and oxygen atoms in total. The van der Waals surface area contributed by atoms with Crippen molar-refractivity contribution in [2.24, 2.45) is 5.41 Å². The van der Waals surface area contributed by atoms with Gasteiger partial charge >= 0.3 is 0 Å². The summed E-state index contributed by atoms with van der Waals surface area (Å²) in [5.74, 6) is 0.109. The van der Waals surface area contributed by atoms with Crippen LogP contribution in [-0.4, -0.2) is 45.1 Å². The van der Waals surface area contributed by atoms with E-state index in [-0.39, 0.29) is 29.4 Å². The van der Waals surface area contributed by atoms with E-state index in [0.29, 0.717) is 17.3 Å². The Morgan fingerprint density at radius 2 is 2.00 bits per heavy atom. The third-order valence-corrected chi connectivity index (χ3v) is 8.51. The summed E-state index contributed by atoms with van der Waals surface area (Å²) in [4.78, 5) is 21.1. The number of amides is 1. The molecular weight excluding hydrogens is 412 g/mol. The molecule has 0 radical (unpaired) electrons. The summed E-state index contributed by atoms with van der Waals surface area (Å²) in [5.41, 5.74) is 4.09. The maximum atomic E-state index is 14.4. The average molecular weight is 445 g/mol. The minimum atomic E-state index is 0.106. The number of hydrogen-bond donors (Lipinski definition) is 1. The Bertz CT molecular complexity index is 1210. The molecule has 2 aromatic heterocycles. The molecule has 3 fully saturated rings. The minimum absolute atomic E-state index is 0.106. The van der Waals surface area contributed by atoms with Crippen LogP contribution in [0.25, 0.3) is 11.1 Å². The van der Waals surface area contributed by atoms with Crippen LogP contribution in [-0.2, 0) is 6.42 Å². The molecule has 1 N–H and O–H groups in total. The molecule has 0 unspecified atom stereocenters. The number of hydrogen-bond acceptors (Lipinski definition) is 5. The van der Waals surface area contributed by atoms with Crippen molar-refractivity contribution in [2.75, 3.05) is 0 Å². The highest BCUT2D eigenvalue weighted by molar-refractivity contribution is 6.06. The van der Waals surface area contributed by atoms with Gasteiger partial charge in [-0.05, 0) is 51.2 Å². The smallest absolute Gasteiger partial charge is 0.258 e. The predicted molar refractivity (Wildman–Crippen MR) is 127 cm³/mol. The van der Waals surface area contributed by atoms with Gasteiger partial charge in [-0.3, -0.25) is 4.79 Å². The molecule has 1 amide bonds. The Morgan fingerprint density at radius 3 is 2.82 bits per heavy atom. The standard InChI is InChI=1S/C27H32N4O2/c1-16-13-19(24-17(2)30-33-25(24)28-16)26(32)31-21-15-27(3)22(11-7-8-12-23(27)31)29-20(21)14-18-9-5-4-6-10-18/h4-6,9-10,13,20-23,29H,7-8,11-12,14-15H2,1-3H3/t20-,21+,22-,23+,27-/m1/s1. The number of carbonyl (C=O) groups is 1. The molecule has 1 aliphatic carbocycles. The first-order chi connectivity index (χ1) is 16.0. The van der Waals surface area contributed by atoms with Gasteiger partial charge in [0.1, 0.15) is 0 Å². The number of benzene rings is 1. The molecular formula is C27H32N4O2. The van der Waals surface area contributed by atoms with Crippen molar-refractivity contribution in [2.45, 2.75) is 83.5 Å². The van der Waals surface area contributed by atoms with Crippen molar-refractivity contribution in [3.8, 4) is 0 Å².